The Hall–Kier alpha value is -2.87. The van der Waals surface area contributed by atoms with Gasteiger partial charge in [-0.3, -0.25) is 4.79 Å². The fourth-order valence-electron chi connectivity index (χ4n) is 1.93. The van der Waals surface area contributed by atoms with Crippen molar-refractivity contribution < 1.29 is 18.7 Å². The van der Waals surface area contributed by atoms with Crippen molar-refractivity contribution in [2.45, 2.75) is 12.8 Å². The minimum absolute atomic E-state index is 0.0457. The molecule has 0 aliphatic rings. The predicted molar refractivity (Wildman–Crippen MR) is 78.1 cm³/mol. The average Bonchev–Trinajstić information content (AvgIpc) is 2.54. The molecular weight excluding hydrogens is 285 g/mol. The minimum atomic E-state index is -0.494. The Balaban J connectivity index is 2.01. The molecule has 0 unspecified atom stereocenters. The van der Waals surface area contributed by atoms with Gasteiger partial charge < -0.3 is 9.47 Å². The lowest BCUT2D eigenvalue weighted by Crippen LogP contribution is -2.10. The van der Waals surface area contributed by atoms with Crippen LogP contribution in [0.4, 0.5) is 4.39 Å². The smallest absolute Gasteiger partial charge is 0.311 e. The Morgan fingerprint density at radius 1 is 1.23 bits per heavy atom. The number of carbonyl (C=O) groups is 1. The second-order valence-corrected chi connectivity index (χ2v) is 4.54. The monoisotopic (exact) mass is 299 g/mol. The Kier molecular flexibility index (Phi) is 5.10. The summed E-state index contributed by atoms with van der Waals surface area (Å²) in [5.41, 5.74) is 0.870. The highest BCUT2D eigenvalue weighted by molar-refractivity contribution is 5.73. The van der Waals surface area contributed by atoms with Crippen molar-refractivity contribution in [3.05, 3.63) is 59.4 Å². The molecule has 0 N–H and O–H groups in total. The van der Waals surface area contributed by atoms with Crippen LogP contribution in [0.2, 0.25) is 0 Å². The molecule has 0 aromatic heterocycles. The number of benzene rings is 2. The summed E-state index contributed by atoms with van der Waals surface area (Å²) in [6.07, 6.45) is 0.300. The Labute approximate surface area is 127 Å². The van der Waals surface area contributed by atoms with Crippen LogP contribution in [-0.4, -0.2) is 13.1 Å². The van der Waals surface area contributed by atoms with Crippen LogP contribution in [0.5, 0.6) is 11.5 Å². The van der Waals surface area contributed by atoms with Crippen LogP contribution in [0.15, 0.2) is 42.5 Å². The number of halogens is 1. The van der Waals surface area contributed by atoms with Gasteiger partial charge in [-0.1, -0.05) is 18.2 Å². The van der Waals surface area contributed by atoms with E-state index in [2.05, 4.69) is 0 Å². The fraction of sp³-hybridized carbons (Fsp3) is 0.176. The van der Waals surface area contributed by atoms with Crippen molar-refractivity contribution in [2.75, 3.05) is 7.11 Å². The summed E-state index contributed by atoms with van der Waals surface area (Å²) in [4.78, 5) is 11.9. The zero-order chi connectivity index (χ0) is 15.9. The van der Waals surface area contributed by atoms with Crippen molar-refractivity contribution in [3.8, 4) is 17.6 Å². The molecule has 0 aliphatic carbocycles. The Bertz CT molecular complexity index is 722. The number of ether oxygens (including phenoxy) is 2. The van der Waals surface area contributed by atoms with E-state index in [1.165, 1.54) is 31.4 Å². The molecule has 0 radical (unpaired) electrons. The van der Waals surface area contributed by atoms with E-state index in [1.54, 1.807) is 18.2 Å². The van der Waals surface area contributed by atoms with Crippen molar-refractivity contribution in [1.29, 1.82) is 5.26 Å². The summed E-state index contributed by atoms with van der Waals surface area (Å²) in [5, 5.41) is 8.82. The van der Waals surface area contributed by atoms with Gasteiger partial charge in [-0.25, -0.2) is 4.39 Å². The highest BCUT2D eigenvalue weighted by Gasteiger charge is 2.12. The maximum absolute atomic E-state index is 13.5. The molecule has 0 aliphatic heterocycles. The number of carbonyl (C=O) groups excluding carboxylic acids is 1. The number of nitrogens with zero attached hydrogens (tertiary/aromatic N) is 1. The molecule has 2 aromatic carbocycles. The first kappa shape index (κ1) is 15.5. The zero-order valence-corrected chi connectivity index (χ0v) is 12.0. The summed E-state index contributed by atoms with van der Waals surface area (Å²) in [6, 6.07) is 12.8. The van der Waals surface area contributed by atoms with Crippen LogP contribution >= 0.6 is 0 Å². The van der Waals surface area contributed by atoms with E-state index in [0.29, 0.717) is 16.9 Å². The number of hydrogen-bond donors (Lipinski definition) is 0. The van der Waals surface area contributed by atoms with E-state index in [-0.39, 0.29) is 24.4 Å². The lowest BCUT2D eigenvalue weighted by Gasteiger charge is -2.09. The van der Waals surface area contributed by atoms with E-state index in [0.717, 1.165) is 0 Å². The summed E-state index contributed by atoms with van der Waals surface area (Å²) in [7, 11) is 1.42. The molecule has 0 heterocycles. The molecule has 0 fully saturated rings. The molecule has 112 valence electrons. The maximum atomic E-state index is 13.5. The summed E-state index contributed by atoms with van der Waals surface area (Å²) in [5.74, 6) is -0.296. The second kappa shape index (κ2) is 7.23. The Morgan fingerprint density at radius 3 is 2.68 bits per heavy atom. The number of esters is 1. The highest BCUT2D eigenvalue weighted by Crippen LogP contribution is 2.28. The third-order valence-corrected chi connectivity index (χ3v) is 3.07. The minimum Gasteiger partial charge on any atom is -0.493 e. The normalized spacial score (nSPS) is 9.86. The van der Waals surface area contributed by atoms with Gasteiger partial charge in [0.2, 0.25) is 0 Å². The molecule has 0 spiro atoms. The molecular formula is C17H14FNO3. The largest absolute Gasteiger partial charge is 0.493 e. The SMILES string of the molecule is COc1cc(C#N)ccc1OC(=O)CCc1ccccc1F. The van der Waals surface area contributed by atoms with Crippen LogP contribution in [0, 0.1) is 17.1 Å². The van der Waals surface area contributed by atoms with E-state index in [9.17, 15) is 9.18 Å². The lowest BCUT2D eigenvalue weighted by atomic mass is 10.1. The first-order chi connectivity index (χ1) is 10.6. The standard InChI is InChI=1S/C17H14FNO3/c1-21-16-10-12(11-19)6-8-15(16)22-17(20)9-7-13-4-2-3-5-14(13)18/h2-6,8,10H,7,9H2,1H3. The topological polar surface area (TPSA) is 59.3 Å². The maximum Gasteiger partial charge on any atom is 0.311 e. The van der Waals surface area contributed by atoms with Gasteiger partial charge in [0.25, 0.3) is 0 Å². The van der Waals surface area contributed by atoms with Crippen molar-refractivity contribution in [3.63, 3.8) is 0 Å². The van der Waals surface area contributed by atoms with Crippen molar-refractivity contribution in [1.82, 2.24) is 0 Å². The molecule has 0 bridgehead atoms. The molecule has 5 heteroatoms. The van der Waals surface area contributed by atoms with Crippen molar-refractivity contribution >= 4 is 5.97 Å². The molecule has 22 heavy (non-hydrogen) atoms. The molecule has 4 nitrogen and oxygen atoms in total. The zero-order valence-electron chi connectivity index (χ0n) is 12.0. The van der Waals surface area contributed by atoms with Gasteiger partial charge in [0.15, 0.2) is 11.5 Å². The third-order valence-electron chi connectivity index (χ3n) is 3.07. The average molecular weight is 299 g/mol. The molecule has 0 saturated carbocycles. The van der Waals surface area contributed by atoms with Gasteiger partial charge in [0, 0.05) is 6.07 Å². The molecule has 0 saturated heterocycles. The first-order valence-corrected chi connectivity index (χ1v) is 6.66. The first-order valence-electron chi connectivity index (χ1n) is 6.66. The van der Waals surface area contributed by atoms with Gasteiger partial charge >= 0.3 is 5.97 Å². The van der Waals surface area contributed by atoms with Gasteiger partial charge in [0.05, 0.1) is 25.2 Å². The van der Waals surface area contributed by atoms with E-state index < -0.39 is 5.97 Å². The number of rotatable bonds is 5. The van der Waals surface area contributed by atoms with Crippen LogP contribution < -0.4 is 9.47 Å². The third kappa shape index (κ3) is 3.83. The fourth-order valence-corrected chi connectivity index (χ4v) is 1.93. The highest BCUT2D eigenvalue weighted by atomic mass is 19.1. The van der Waals surface area contributed by atoms with Gasteiger partial charge in [0.1, 0.15) is 5.82 Å². The summed E-state index contributed by atoms with van der Waals surface area (Å²) in [6.45, 7) is 0. The lowest BCUT2D eigenvalue weighted by molar-refractivity contribution is -0.134. The predicted octanol–water partition coefficient (Wildman–Crippen LogP) is 3.24. The van der Waals surface area contributed by atoms with Crippen LogP contribution in [0.25, 0.3) is 0 Å². The second-order valence-electron chi connectivity index (χ2n) is 4.54. The number of methoxy groups -OCH3 is 1. The quantitative estimate of drug-likeness (QED) is 0.628. The number of aryl methyl sites for hydroxylation is 1. The van der Waals surface area contributed by atoms with Gasteiger partial charge in [-0.15, -0.1) is 0 Å². The van der Waals surface area contributed by atoms with Crippen LogP contribution in [0.1, 0.15) is 17.5 Å². The van der Waals surface area contributed by atoms with Gasteiger partial charge in [-0.05, 0) is 30.2 Å². The van der Waals surface area contributed by atoms with E-state index in [1.807, 2.05) is 6.07 Å². The summed E-state index contributed by atoms with van der Waals surface area (Å²) >= 11 is 0. The van der Waals surface area contributed by atoms with Crippen molar-refractivity contribution in [2.24, 2.45) is 0 Å². The number of hydrogen-bond acceptors (Lipinski definition) is 4. The molecule has 0 amide bonds. The van der Waals surface area contributed by atoms with Crippen LogP contribution in [-0.2, 0) is 11.2 Å². The van der Waals surface area contributed by atoms with Gasteiger partial charge in [-0.2, -0.15) is 5.26 Å². The van der Waals surface area contributed by atoms with E-state index >= 15 is 0 Å². The van der Waals surface area contributed by atoms with Crippen LogP contribution in [0.3, 0.4) is 0 Å². The molecule has 2 rings (SSSR count). The number of nitriles is 1. The molecule has 0 atom stereocenters. The van der Waals surface area contributed by atoms with E-state index in [4.69, 9.17) is 14.7 Å². The molecule has 2 aromatic rings. The summed E-state index contributed by atoms with van der Waals surface area (Å²) < 4.78 is 23.8. The Morgan fingerprint density at radius 2 is 2.00 bits per heavy atom.